The van der Waals surface area contributed by atoms with Gasteiger partial charge in [0, 0.05) is 43.8 Å². The van der Waals surface area contributed by atoms with Crippen molar-refractivity contribution in [3.05, 3.63) is 52.6 Å². The summed E-state index contributed by atoms with van der Waals surface area (Å²) in [5, 5.41) is 0. The molecule has 0 atom stereocenters. The van der Waals surface area contributed by atoms with Crippen molar-refractivity contribution >= 4 is 11.6 Å². The molecule has 3 rings (SSSR count). The molecule has 0 radical (unpaired) electrons. The molecule has 1 aliphatic carbocycles. The molecule has 2 heterocycles. The fraction of sp³-hybridized carbons (Fsp3) is 0.421. The maximum absolute atomic E-state index is 13.1. The van der Waals surface area contributed by atoms with E-state index in [1.807, 2.05) is 39.0 Å². The van der Waals surface area contributed by atoms with Crippen molar-refractivity contribution in [2.24, 2.45) is 0 Å². The molecule has 0 aliphatic heterocycles. The van der Waals surface area contributed by atoms with E-state index in [1.165, 1.54) is 6.20 Å². The molecule has 6 nitrogen and oxygen atoms in total. The molecule has 0 aromatic carbocycles. The van der Waals surface area contributed by atoms with Gasteiger partial charge in [0.05, 0.1) is 11.1 Å². The van der Waals surface area contributed by atoms with Gasteiger partial charge in [-0.3, -0.25) is 14.6 Å². The Bertz CT molecular complexity index is 755. The van der Waals surface area contributed by atoms with Crippen LogP contribution in [0.25, 0.3) is 0 Å². The van der Waals surface area contributed by atoms with Gasteiger partial charge in [0.1, 0.15) is 5.69 Å². The number of hydrogen-bond donors (Lipinski definition) is 0. The van der Waals surface area contributed by atoms with Crippen molar-refractivity contribution in [2.45, 2.75) is 13.0 Å². The highest BCUT2D eigenvalue weighted by molar-refractivity contribution is 6.28. The number of ketones is 2. The third-order valence-corrected chi connectivity index (χ3v) is 4.53. The summed E-state index contributed by atoms with van der Waals surface area (Å²) in [6, 6.07) is 1.64. The third-order valence-electron chi connectivity index (χ3n) is 4.53. The molecule has 0 saturated heterocycles. The van der Waals surface area contributed by atoms with Crippen LogP contribution >= 0.6 is 0 Å². The lowest BCUT2D eigenvalue weighted by molar-refractivity contribution is 0.0972. The first-order valence-electron chi connectivity index (χ1n) is 8.45. The molecule has 2 aromatic rings. The quantitative estimate of drug-likeness (QED) is 0.677. The van der Waals surface area contributed by atoms with Crippen LogP contribution in [0.3, 0.4) is 0 Å². The van der Waals surface area contributed by atoms with Gasteiger partial charge in [0.2, 0.25) is 5.78 Å². The predicted octanol–water partition coefficient (Wildman–Crippen LogP) is 1.32. The molecule has 25 heavy (non-hydrogen) atoms. The Labute approximate surface area is 148 Å². The first kappa shape index (κ1) is 17.5. The van der Waals surface area contributed by atoms with Gasteiger partial charge in [-0.25, -0.2) is 0 Å². The molecular weight excluding hydrogens is 316 g/mol. The lowest BCUT2D eigenvalue weighted by Gasteiger charge is -2.18. The Morgan fingerprint density at radius 1 is 1.00 bits per heavy atom. The van der Waals surface area contributed by atoms with Crippen molar-refractivity contribution in [1.82, 2.24) is 19.4 Å². The Morgan fingerprint density at radius 2 is 1.72 bits per heavy atom. The summed E-state index contributed by atoms with van der Waals surface area (Å²) in [6.07, 6.45) is 5.79. The average Bonchev–Trinajstić information content (AvgIpc) is 2.95. The van der Waals surface area contributed by atoms with Gasteiger partial charge in [-0.2, -0.15) is 0 Å². The fourth-order valence-corrected chi connectivity index (χ4v) is 3.16. The van der Waals surface area contributed by atoms with Crippen molar-refractivity contribution in [1.29, 1.82) is 0 Å². The zero-order valence-corrected chi connectivity index (χ0v) is 15.2. The smallest absolute Gasteiger partial charge is 0.212 e. The fourth-order valence-electron chi connectivity index (χ4n) is 3.16. The van der Waals surface area contributed by atoms with E-state index in [-0.39, 0.29) is 11.6 Å². The van der Waals surface area contributed by atoms with E-state index in [0.717, 1.165) is 25.1 Å². The molecule has 0 N–H and O–H groups in total. The van der Waals surface area contributed by atoms with Gasteiger partial charge in [0.25, 0.3) is 0 Å². The van der Waals surface area contributed by atoms with Crippen LogP contribution in [0, 0.1) is 0 Å². The van der Waals surface area contributed by atoms with Crippen LogP contribution in [-0.4, -0.2) is 72.2 Å². The topological polar surface area (TPSA) is 58.4 Å². The molecule has 1 aliphatic rings. The highest BCUT2D eigenvalue weighted by Gasteiger charge is 2.35. The van der Waals surface area contributed by atoms with E-state index in [1.54, 1.807) is 12.3 Å². The Balaban J connectivity index is 2.09. The maximum Gasteiger partial charge on any atom is 0.212 e. The van der Waals surface area contributed by atoms with Crippen LogP contribution in [0.4, 0.5) is 0 Å². The van der Waals surface area contributed by atoms with E-state index in [4.69, 9.17) is 0 Å². The molecular formula is C19H24N4O2. The van der Waals surface area contributed by atoms with E-state index >= 15 is 0 Å². The summed E-state index contributed by atoms with van der Waals surface area (Å²) in [7, 11) is 8.00. The Morgan fingerprint density at radius 3 is 2.40 bits per heavy atom. The number of pyridine rings is 1. The van der Waals surface area contributed by atoms with E-state index in [9.17, 15) is 9.59 Å². The zero-order chi connectivity index (χ0) is 18.1. The molecule has 0 amide bonds. The average molecular weight is 340 g/mol. The minimum absolute atomic E-state index is 0.0654. The number of carbonyl (C=O) groups excluding carboxylic acids is 2. The molecule has 0 spiro atoms. The van der Waals surface area contributed by atoms with Crippen LogP contribution in [0.1, 0.15) is 37.5 Å². The van der Waals surface area contributed by atoms with E-state index in [0.29, 0.717) is 28.9 Å². The van der Waals surface area contributed by atoms with Crippen molar-refractivity contribution in [2.75, 3.05) is 41.3 Å². The normalized spacial score (nSPS) is 13.5. The summed E-state index contributed by atoms with van der Waals surface area (Å²) in [4.78, 5) is 34.3. The first-order valence-corrected chi connectivity index (χ1v) is 8.45. The number of hydrogen-bond acceptors (Lipinski definition) is 5. The lowest BCUT2D eigenvalue weighted by atomic mass is 9.87. The van der Waals surface area contributed by atoms with Gasteiger partial charge in [0.15, 0.2) is 5.78 Å². The Kier molecular flexibility index (Phi) is 4.83. The predicted molar refractivity (Wildman–Crippen MR) is 96.3 cm³/mol. The van der Waals surface area contributed by atoms with E-state index < -0.39 is 0 Å². The number of rotatable bonds is 6. The van der Waals surface area contributed by atoms with Gasteiger partial charge in [-0.1, -0.05) is 0 Å². The third kappa shape index (κ3) is 3.27. The summed E-state index contributed by atoms with van der Waals surface area (Å²) in [5.74, 6) is -0.170. The minimum atomic E-state index is -0.104. The van der Waals surface area contributed by atoms with Gasteiger partial charge in [-0.05, 0) is 46.2 Å². The van der Waals surface area contributed by atoms with Crippen LogP contribution in [0.15, 0.2) is 24.7 Å². The molecule has 2 aromatic heterocycles. The highest BCUT2D eigenvalue weighted by atomic mass is 16.1. The van der Waals surface area contributed by atoms with Crippen molar-refractivity contribution in [3.63, 3.8) is 0 Å². The molecule has 0 bridgehead atoms. The highest BCUT2D eigenvalue weighted by Crippen LogP contribution is 2.31. The molecule has 0 fully saturated rings. The molecule has 0 saturated carbocycles. The van der Waals surface area contributed by atoms with Crippen LogP contribution < -0.4 is 0 Å². The molecule has 132 valence electrons. The summed E-state index contributed by atoms with van der Waals surface area (Å²) >= 11 is 0. The van der Waals surface area contributed by atoms with Crippen LogP contribution in [-0.2, 0) is 13.0 Å². The number of fused-ring (bicyclic) bond motifs is 2. The monoisotopic (exact) mass is 340 g/mol. The van der Waals surface area contributed by atoms with Crippen molar-refractivity contribution < 1.29 is 9.59 Å². The second-order valence-corrected chi connectivity index (χ2v) is 7.01. The van der Waals surface area contributed by atoms with Gasteiger partial charge >= 0.3 is 0 Å². The number of aromatic nitrogens is 2. The minimum Gasteiger partial charge on any atom is -0.343 e. The summed E-state index contributed by atoms with van der Waals surface area (Å²) in [6.45, 7) is 2.30. The SMILES string of the molecule is CN(C)CCc1cn(CCN(C)C)c2c1C(=O)c1ccncc1C2=O. The second kappa shape index (κ2) is 6.90. The first-order chi connectivity index (χ1) is 11.9. The number of carbonyl (C=O) groups is 2. The standard InChI is InChI=1S/C19H24N4O2/c1-21(2)8-6-13-12-23(10-9-22(3)4)17-16(13)18(24)14-5-7-20-11-15(14)19(17)25/h5,7,11-12H,6,8-10H2,1-4H3. The van der Waals surface area contributed by atoms with Crippen molar-refractivity contribution in [3.8, 4) is 0 Å². The summed E-state index contributed by atoms with van der Waals surface area (Å²) in [5.41, 5.74) is 2.90. The number of nitrogens with zero attached hydrogens (tertiary/aromatic N) is 4. The number of likely N-dealkylation sites (N-methyl/N-ethyl adjacent to an activating group) is 2. The second-order valence-electron chi connectivity index (χ2n) is 7.01. The lowest BCUT2D eigenvalue weighted by Crippen LogP contribution is -2.26. The molecule has 6 heteroatoms. The van der Waals surface area contributed by atoms with Crippen LogP contribution in [0.2, 0.25) is 0 Å². The van der Waals surface area contributed by atoms with Crippen LogP contribution in [0.5, 0.6) is 0 Å². The van der Waals surface area contributed by atoms with E-state index in [2.05, 4.69) is 14.8 Å². The Hall–Kier alpha value is -2.31. The summed E-state index contributed by atoms with van der Waals surface area (Å²) < 4.78 is 1.94. The maximum atomic E-state index is 13.1. The zero-order valence-electron chi connectivity index (χ0n) is 15.2. The van der Waals surface area contributed by atoms with Gasteiger partial charge < -0.3 is 14.4 Å². The van der Waals surface area contributed by atoms with Gasteiger partial charge in [-0.15, -0.1) is 0 Å². The molecule has 0 unspecified atom stereocenters. The largest absolute Gasteiger partial charge is 0.343 e.